The molecule has 1 atom stereocenters. The molecule has 31 heavy (non-hydrogen) atoms. The number of carbonyl (C=O) groups is 2. The van der Waals surface area contributed by atoms with Crippen LogP contribution in [0.2, 0.25) is 5.02 Å². The fraction of sp³-hybridized carbons (Fsp3) is 0.286. The standard InChI is InChI=1S/C21H20BrClN6O2/c1-11(2)26-20(30)14-8-13(10-24)7-12(3)18(14)27-21(31)16-9-17(22)28-29(16)19-15(23)5-4-6-25-19/h4-8,11,16H,9H2,1-3H3,(H,26,30)(H,27,31). The summed E-state index contributed by atoms with van der Waals surface area (Å²) < 4.78 is 0.573. The van der Waals surface area contributed by atoms with Crippen LogP contribution in [0.25, 0.3) is 0 Å². The molecule has 10 heteroatoms. The molecule has 2 heterocycles. The van der Waals surface area contributed by atoms with Crippen LogP contribution in [0.4, 0.5) is 11.5 Å². The third-order valence-electron chi connectivity index (χ3n) is 4.51. The first kappa shape index (κ1) is 22.7. The molecule has 1 aliphatic rings. The van der Waals surface area contributed by atoms with Crippen molar-refractivity contribution in [2.45, 2.75) is 39.3 Å². The number of benzene rings is 1. The molecule has 3 rings (SSSR count). The Labute approximate surface area is 193 Å². The summed E-state index contributed by atoms with van der Waals surface area (Å²) in [6.07, 6.45) is 1.87. The van der Waals surface area contributed by atoms with E-state index in [9.17, 15) is 14.9 Å². The molecule has 0 saturated heterocycles. The number of amides is 2. The quantitative estimate of drug-likeness (QED) is 0.641. The Morgan fingerprint density at radius 2 is 2.13 bits per heavy atom. The molecular weight excluding hydrogens is 484 g/mol. The van der Waals surface area contributed by atoms with Crippen LogP contribution in [0, 0.1) is 18.3 Å². The molecule has 0 radical (unpaired) electrons. The molecule has 8 nitrogen and oxygen atoms in total. The number of nitrogens with zero attached hydrogens (tertiary/aromatic N) is 4. The van der Waals surface area contributed by atoms with E-state index in [1.54, 1.807) is 31.3 Å². The Morgan fingerprint density at radius 3 is 2.77 bits per heavy atom. The zero-order valence-corrected chi connectivity index (χ0v) is 19.5. The Balaban J connectivity index is 1.95. The SMILES string of the molecule is Cc1cc(C#N)cc(C(=O)NC(C)C)c1NC(=O)C1CC(Br)=NN1c1ncccc1Cl. The third kappa shape index (κ3) is 5.03. The van der Waals surface area contributed by atoms with Crippen molar-refractivity contribution in [2.75, 3.05) is 10.3 Å². The first-order chi connectivity index (χ1) is 14.7. The van der Waals surface area contributed by atoms with Crippen LogP contribution in [0.3, 0.4) is 0 Å². The van der Waals surface area contributed by atoms with Crippen molar-refractivity contribution < 1.29 is 9.59 Å². The minimum absolute atomic E-state index is 0.108. The summed E-state index contributed by atoms with van der Waals surface area (Å²) in [5.41, 5.74) is 1.50. The normalized spacial score (nSPS) is 15.5. The lowest BCUT2D eigenvalue weighted by atomic mass is 10.0. The van der Waals surface area contributed by atoms with Crippen LogP contribution >= 0.6 is 27.5 Å². The van der Waals surface area contributed by atoms with Crippen molar-refractivity contribution >= 4 is 55.5 Å². The van der Waals surface area contributed by atoms with Gasteiger partial charge in [0.15, 0.2) is 5.82 Å². The van der Waals surface area contributed by atoms with E-state index in [2.05, 4.69) is 36.6 Å². The lowest BCUT2D eigenvalue weighted by Gasteiger charge is -2.23. The summed E-state index contributed by atoms with van der Waals surface area (Å²) >= 11 is 9.60. The zero-order chi connectivity index (χ0) is 22.7. The van der Waals surface area contributed by atoms with Crippen LogP contribution < -0.4 is 15.6 Å². The van der Waals surface area contributed by atoms with Gasteiger partial charge in [-0.25, -0.2) is 9.99 Å². The minimum Gasteiger partial charge on any atom is -0.350 e. The van der Waals surface area contributed by atoms with Gasteiger partial charge in [0, 0.05) is 18.7 Å². The first-order valence-electron chi connectivity index (χ1n) is 9.50. The number of hydrazone groups is 1. The molecule has 1 aromatic carbocycles. The number of anilines is 2. The number of pyridine rings is 1. The summed E-state index contributed by atoms with van der Waals surface area (Å²) in [5.74, 6) is -0.404. The van der Waals surface area contributed by atoms with Crippen molar-refractivity contribution in [3.8, 4) is 6.07 Å². The second kappa shape index (κ2) is 9.45. The number of aromatic nitrogens is 1. The smallest absolute Gasteiger partial charge is 0.253 e. The molecule has 1 aromatic heterocycles. The predicted molar refractivity (Wildman–Crippen MR) is 124 cm³/mol. The average Bonchev–Trinajstić information content (AvgIpc) is 3.10. The summed E-state index contributed by atoms with van der Waals surface area (Å²) in [4.78, 5) is 30.2. The van der Waals surface area contributed by atoms with Crippen molar-refractivity contribution in [3.63, 3.8) is 0 Å². The Kier molecular flexibility index (Phi) is 6.93. The first-order valence-corrected chi connectivity index (χ1v) is 10.7. The highest BCUT2D eigenvalue weighted by Crippen LogP contribution is 2.31. The van der Waals surface area contributed by atoms with Gasteiger partial charge in [-0.3, -0.25) is 9.59 Å². The van der Waals surface area contributed by atoms with Crippen LogP contribution in [-0.4, -0.2) is 33.5 Å². The molecule has 2 aromatic rings. The van der Waals surface area contributed by atoms with Gasteiger partial charge < -0.3 is 10.6 Å². The van der Waals surface area contributed by atoms with Crippen LogP contribution in [-0.2, 0) is 4.79 Å². The largest absolute Gasteiger partial charge is 0.350 e. The number of aryl methyl sites for hydroxylation is 1. The van der Waals surface area contributed by atoms with E-state index in [0.717, 1.165) is 0 Å². The Bertz CT molecular complexity index is 1110. The van der Waals surface area contributed by atoms with E-state index in [-0.39, 0.29) is 23.4 Å². The molecule has 0 aliphatic carbocycles. The number of hydrogen-bond donors (Lipinski definition) is 2. The maximum absolute atomic E-state index is 13.2. The zero-order valence-electron chi connectivity index (χ0n) is 17.1. The fourth-order valence-electron chi connectivity index (χ4n) is 3.16. The number of halogens is 2. The van der Waals surface area contributed by atoms with Gasteiger partial charge >= 0.3 is 0 Å². The van der Waals surface area contributed by atoms with Gasteiger partial charge in [-0.1, -0.05) is 11.6 Å². The fourth-order valence-corrected chi connectivity index (χ4v) is 3.85. The highest BCUT2D eigenvalue weighted by Gasteiger charge is 2.35. The number of nitriles is 1. The highest BCUT2D eigenvalue weighted by molar-refractivity contribution is 9.18. The predicted octanol–water partition coefficient (Wildman–Crippen LogP) is 3.98. The molecule has 0 spiro atoms. The van der Waals surface area contributed by atoms with Crippen LogP contribution in [0.1, 0.15) is 41.8 Å². The van der Waals surface area contributed by atoms with Crippen molar-refractivity contribution in [2.24, 2.45) is 5.10 Å². The average molecular weight is 504 g/mol. The topological polar surface area (TPSA) is 110 Å². The van der Waals surface area contributed by atoms with Crippen LogP contribution in [0.5, 0.6) is 0 Å². The van der Waals surface area contributed by atoms with Crippen molar-refractivity contribution in [1.29, 1.82) is 5.26 Å². The monoisotopic (exact) mass is 502 g/mol. The number of hydrogen-bond acceptors (Lipinski definition) is 6. The summed E-state index contributed by atoms with van der Waals surface area (Å²) in [5, 5.41) is 21.1. The van der Waals surface area contributed by atoms with E-state index in [4.69, 9.17) is 11.6 Å². The van der Waals surface area contributed by atoms with Gasteiger partial charge in [0.1, 0.15) is 10.7 Å². The molecule has 0 bridgehead atoms. The van der Waals surface area contributed by atoms with Crippen molar-refractivity contribution in [3.05, 3.63) is 52.2 Å². The van der Waals surface area contributed by atoms with Gasteiger partial charge in [0.25, 0.3) is 5.91 Å². The third-order valence-corrected chi connectivity index (χ3v) is 5.29. The van der Waals surface area contributed by atoms with E-state index in [1.165, 1.54) is 11.1 Å². The molecule has 1 aliphatic heterocycles. The Morgan fingerprint density at radius 1 is 1.39 bits per heavy atom. The molecule has 2 N–H and O–H groups in total. The summed E-state index contributed by atoms with van der Waals surface area (Å²) in [7, 11) is 0. The maximum atomic E-state index is 13.2. The van der Waals surface area contributed by atoms with Crippen molar-refractivity contribution in [1.82, 2.24) is 10.3 Å². The second-order valence-electron chi connectivity index (χ2n) is 7.29. The lowest BCUT2D eigenvalue weighted by molar-refractivity contribution is -0.117. The second-order valence-corrected chi connectivity index (χ2v) is 8.62. The number of nitrogens with one attached hydrogen (secondary N) is 2. The molecule has 0 saturated carbocycles. The molecule has 2 amide bonds. The van der Waals surface area contributed by atoms with Gasteiger partial charge in [-0.15, -0.1) is 0 Å². The Hall–Kier alpha value is -2.96. The van der Waals surface area contributed by atoms with E-state index in [0.29, 0.717) is 38.7 Å². The van der Waals surface area contributed by atoms with Gasteiger partial charge in [-0.2, -0.15) is 10.4 Å². The van der Waals surface area contributed by atoms with E-state index in [1.807, 2.05) is 19.9 Å². The number of carbonyl (C=O) groups excluding carboxylic acids is 2. The van der Waals surface area contributed by atoms with Gasteiger partial charge in [0.05, 0.1) is 27.9 Å². The molecular formula is C21H20BrClN6O2. The lowest BCUT2D eigenvalue weighted by Crippen LogP contribution is -2.40. The van der Waals surface area contributed by atoms with E-state index < -0.39 is 6.04 Å². The van der Waals surface area contributed by atoms with Gasteiger partial charge in [-0.05, 0) is 66.5 Å². The maximum Gasteiger partial charge on any atom is 0.253 e. The number of rotatable bonds is 5. The molecule has 160 valence electrons. The highest BCUT2D eigenvalue weighted by atomic mass is 79.9. The van der Waals surface area contributed by atoms with Crippen LogP contribution in [0.15, 0.2) is 35.6 Å². The molecule has 0 fully saturated rings. The summed E-state index contributed by atoms with van der Waals surface area (Å²) in [6.45, 7) is 5.40. The minimum atomic E-state index is -0.724. The van der Waals surface area contributed by atoms with Gasteiger partial charge in [0.2, 0.25) is 5.91 Å². The van der Waals surface area contributed by atoms with E-state index >= 15 is 0 Å². The molecule has 1 unspecified atom stereocenters. The summed E-state index contributed by atoms with van der Waals surface area (Å²) in [6, 6.07) is 7.66.